The van der Waals surface area contributed by atoms with Crippen molar-refractivity contribution in [1.29, 1.82) is 0 Å². The van der Waals surface area contributed by atoms with Gasteiger partial charge >= 0.3 is 0 Å². The van der Waals surface area contributed by atoms with Crippen LogP contribution >= 0.6 is 23.2 Å². The minimum absolute atomic E-state index is 0.427. The Labute approximate surface area is 144 Å². The maximum absolute atomic E-state index is 6.22. The van der Waals surface area contributed by atoms with Crippen molar-refractivity contribution < 1.29 is 4.74 Å². The fourth-order valence-electron chi connectivity index (χ4n) is 2.67. The van der Waals surface area contributed by atoms with E-state index < -0.39 is 0 Å². The Bertz CT molecular complexity index is 905. The summed E-state index contributed by atoms with van der Waals surface area (Å²) in [5.41, 5.74) is 9.89. The Hall–Kier alpha value is -1.98. The lowest BCUT2D eigenvalue weighted by atomic mass is 10.1. The van der Waals surface area contributed by atoms with E-state index in [1.165, 1.54) is 0 Å². The molecule has 0 fully saturated rings. The third-order valence-corrected chi connectivity index (χ3v) is 4.58. The number of nitrogen functional groups attached to an aromatic ring is 1. The third-order valence-electron chi connectivity index (χ3n) is 3.89. The summed E-state index contributed by atoms with van der Waals surface area (Å²) in [6.45, 7) is 4.29. The molecule has 5 nitrogen and oxygen atoms in total. The van der Waals surface area contributed by atoms with Gasteiger partial charge in [-0.2, -0.15) is 5.10 Å². The van der Waals surface area contributed by atoms with Gasteiger partial charge in [0, 0.05) is 22.2 Å². The second-order valence-corrected chi connectivity index (χ2v) is 6.14. The summed E-state index contributed by atoms with van der Waals surface area (Å²) in [5.74, 6) is 0.744. The molecule has 0 aliphatic heterocycles. The highest BCUT2D eigenvalue weighted by Crippen LogP contribution is 2.31. The van der Waals surface area contributed by atoms with E-state index in [2.05, 4.69) is 10.1 Å². The summed E-state index contributed by atoms with van der Waals surface area (Å²) in [6.07, 6.45) is 1.72. The Morgan fingerprint density at radius 2 is 1.96 bits per heavy atom. The molecule has 0 bridgehead atoms. The van der Waals surface area contributed by atoms with Gasteiger partial charge in [-0.15, -0.1) is 0 Å². The topological polar surface area (TPSA) is 66.0 Å². The summed E-state index contributed by atoms with van der Waals surface area (Å²) in [4.78, 5) is 4.47. The maximum atomic E-state index is 6.22. The van der Waals surface area contributed by atoms with Crippen LogP contribution in [0, 0.1) is 13.8 Å². The van der Waals surface area contributed by atoms with E-state index in [9.17, 15) is 0 Å². The molecular formula is C16H16Cl2N4O. The normalized spacial score (nSPS) is 11.2. The van der Waals surface area contributed by atoms with Gasteiger partial charge in [0.2, 0.25) is 0 Å². The number of halogens is 2. The number of nitrogens with zero attached hydrogens (tertiary/aromatic N) is 3. The first-order chi connectivity index (χ1) is 10.9. The Balaban J connectivity index is 2.12. The molecule has 0 spiro atoms. The van der Waals surface area contributed by atoms with Crippen molar-refractivity contribution in [2.24, 2.45) is 0 Å². The van der Waals surface area contributed by atoms with Crippen molar-refractivity contribution in [3.63, 3.8) is 0 Å². The van der Waals surface area contributed by atoms with Gasteiger partial charge in [-0.05, 0) is 26.0 Å². The van der Waals surface area contributed by atoms with E-state index in [4.69, 9.17) is 33.7 Å². The highest BCUT2D eigenvalue weighted by Gasteiger charge is 2.16. The van der Waals surface area contributed by atoms with Crippen molar-refractivity contribution in [2.75, 3.05) is 12.8 Å². The smallest absolute Gasteiger partial charge is 0.136 e. The van der Waals surface area contributed by atoms with Crippen LogP contribution in [0.1, 0.15) is 16.8 Å². The number of benzene rings is 1. The lowest BCUT2D eigenvalue weighted by Gasteiger charge is -2.14. The number of nitrogens with two attached hydrogens (primary N) is 1. The molecule has 2 N–H and O–H groups in total. The molecule has 1 aromatic carbocycles. The minimum Gasteiger partial charge on any atom is -0.496 e. The van der Waals surface area contributed by atoms with Crippen LogP contribution in [-0.2, 0) is 6.54 Å². The van der Waals surface area contributed by atoms with E-state index in [0.717, 1.165) is 33.5 Å². The Kier molecular flexibility index (Phi) is 4.08. The van der Waals surface area contributed by atoms with E-state index in [1.807, 2.05) is 19.9 Å². The van der Waals surface area contributed by atoms with Gasteiger partial charge in [-0.25, -0.2) is 4.98 Å². The summed E-state index contributed by atoms with van der Waals surface area (Å²) in [6, 6.07) is 3.56. The van der Waals surface area contributed by atoms with Crippen molar-refractivity contribution in [1.82, 2.24) is 14.8 Å². The lowest BCUT2D eigenvalue weighted by Crippen LogP contribution is -2.08. The number of rotatable bonds is 3. The fourth-order valence-corrected chi connectivity index (χ4v) is 3.13. The van der Waals surface area contributed by atoms with Gasteiger partial charge in [0.15, 0.2) is 0 Å². The third kappa shape index (κ3) is 2.71. The van der Waals surface area contributed by atoms with Crippen LogP contribution in [0.25, 0.3) is 10.9 Å². The Morgan fingerprint density at radius 3 is 2.65 bits per heavy atom. The zero-order chi connectivity index (χ0) is 16.7. The van der Waals surface area contributed by atoms with E-state index in [-0.39, 0.29) is 0 Å². The number of anilines is 1. The number of methoxy groups -OCH3 is 1. The molecule has 120 valence electrons. The molecule has 23 heavy (non-hydrogen) atoms. The van der Waals surface area contributed by atoms with Crippen molar-refractivity contribution in [3.8, 4) is 5.75 Å². The van der Waals surface area contributed by atoms with Crippen LogP contribution in [0.4, 0.5) is 5.69 Å². The summed E-state index contributed by atoms with van der Waals surface area (Å²) < 4.78 is 7.25. The van der Waals surface area contributed by atoms with Crippen molar-refractivity contribution >= 4 is 39.8 Å². The number of hydrogen-bond donors (Lipinski definition) is 1. The number of pyridine rings is 1. The number of fused-ring (bicyclic) bond motifs is 1. The van der Waals surface area contributed by atoms with Gasteiger partial charge in [0.1, 0.15) is 10.9 Å². The van der Waals surface area contributed by atoms with E-state index in [1.54, 1.807) is 24.1 Å². The molecule has 0 saturated carbocycles. The molecule has 0 aliphatic rings. The number of aromatic nitrogens is 3. The highest BCUT2D eigenvalue weighted by atomic mass is 35.5. The molecule has 2 heterocycles. The summed E-state index contributed by atoms with van der Waals surface area (Å²) in [5, 5.41) is 6.25. The summed E-state index contributed by atoms with van der Waals surface area (Å²) >= 11 is 12.4. The van der Waals surface area contributed by atoms with Crippen LogP contribution in [0.3, 0.4) is 0 Å². The van der Waals surface area contributed by atoms with Crippen LogP contribution < -0.4 is 10.5 Å². The predicted molar refractivity (Wildman–Crippen MR) is 93.5 cm³/mol. The molecule has 0 unspecified atom stereocenters. The van der Waals surface area contributed by atoms with E-state index in [0.29, 0.717) is 22.4 Å². The molecular weight excluding hydrogens is 335 g/mol. The van der Waals surface area contributed by atoms with Gasteiger partial charge in [0.05, 0.1) is 36.1 Å². The quantitative estimate of drug-likeness (QED) is 0.572. The summed E-state index contributed by atoms with van der Waals surface area (Å²) in [7, 11) is 1.62. The average Bonchev–Trinajstić information content (AvgIpc) is 2.89. The average molecular weight is 351 g/mol. The van der Waals surface area contributed by atoms with Gasteiger partial charge in [-0.3, -0.25) is 4.68 Å². The minimum atomic E-state index is 0.427. The maximum Gasteiger partial charge on any atom is 0.136 e. The second-order valence-electron chi connectivity index (χ2n) is 5.37. The lowest BCUT2D eigenvalue weighted by molar-refractivity contribution is 0.406. The number of ether oxygens (including phenoxy) is 1. The molecule has 0 aliphatic carbocycles. The standard InChI is InChI=1S/C16H16Cl2N4O/c1-8-13(21-16(18)9(2)15(8)23-3)7-22-14-5-10(19)4-12(17)11(14)6-20-22/h4-6H,7,19H2,1-3H3. The largest absolute Gasteiger partial charge is 0.496 e. The molecule has 2 aromatic heterocycles. The Morgan fingerprint density at radius 1 is 1.22 bits per heavy atom. The zero-order valence-electron chi connectivity index (χ0n) is 13.0. The molecule has 0 saturated heterocycles. The first-order valence-electron chi connectivity index (χ1n) is 7.02. The first-order valence-corrected chi connectivity index (χ1v) is 7.78. The molecule has 0 radical (unpaired) electrons. The van der Waals surface area contributed by atoms with Gasteiger partial charge in [0.25, 0.3) is 0 Å². The van der Waals surface area contributed by atoms with Gasteiger partial charge in [-0.1, -0.05) is 23.2 Å². The predicted octanol–water partition coefficient (Wildman–Crippen LogP) is 3.99. The van der Waals surface area contributed by atoms with Crippen molar-refractivity contribution in [3.05, 3.63) is 45.3 Å². The molecule has 7 heteroatoms. The fraction of sp³-hybridized carbons (Fsp3) is 0.250. The molecule has 3 aromatic rings. The second kappa shape index (κ2) is 5.91. The monoisotopic (exact) mass is 350 g/mol. The SMILES string of the molecule is COc1c(C)c(Cl)nc(Cn2ncc3c(Cl)cc(N)cc32)c1C. The molecule has 3 rings (SSSR count). The van der Waals surface area contributed by atoms with Crippen molar-refractivity contribution in [2.45, 2.75) is 20.4 Å². The molecule has 0 atom stereocenters. The van der Waals surface area contributed by atoms with Crippen LogP contribution in [-0.4, -0.2) is 21.9 Å². The molecule has 0 amide bonds. The van der Waals surface area contributed by atoms with Crippen LogP contribution in [0.5, 0.6) is 5.75 Å². The van der Waals surface area contributed by atoms with E-state index >= 15 is 0 Å². The van der Waals surface area contributed by atoms with Crippen LogP contribution in [0.2, 0.25) is 10.2 Å². The first kappa shape index (κ1) is 15.9. The highest BCUT2D eigenvalue weighted by molar-refractivity contribution is 6.35. The zero-order valence-corrected chi connectivity index (χ0v) is 14.5. The van der Waals surface area contributed by atoms with Gasteiger partial charge < -0.3 is 10.5 Å². The van der Waals surface area contributed by atoms with Crippen LogP contribution in [0.15, 0.2) is 18.3 Å². The number of hydrogen-bond acceptors (Lipinski definition) is 4.